The fourth-order valence-corrected chi connectivity index (χ4v) is 4.25. The minimum atomic E-state index is -3.71. The highest BCUT2D eigenvalue weighted by atomic mass is 35.5. The van der Waals surface area contributed by atoms with Crippen LogP contribution in [0.15, 0.2) is 33.7 Å². The van der Waals surface area contributed by atoms with Gasteiger partial charge < -0.3 is 14.6 Å². The van der Waals surface area contributed by atoms with Crippen LogP contribution in [0.4, 0.5) is 16.3 Å². The molecule has 1 aliphatic heterocycles. The first-order chi connectivity index (χ1) is 13.6. The Morgan fingerprint density at radius 3 is 2.48 bits per heavy atom. The first-order valence-electron chi connectivity index (χ1n) is 9.00. The molecule has 3 rings (SSSR count). The number of benzene rings is 1. The van der Waals surface area contributed by atoms with E-state index in [1.165, 1.54) is 22.5 Å². The summed E-state index contributed by atoms with van der Waals surface area (Å²) in [7, 11) is -3.71. The standard InChI is InChI=1S/C18H23ClN4O5S/c1-18(2,3)15-11-16(22-28-15)21-17(24)20-14-10-12(4-5-13(14)19)29(25,26)23-6-8-27-9-7-23/h4-5,10-11H,6-9H2,1-3H3,(H2,20,21,22,24). The molecule has 2 aromatic rings. The summed E-state index contributed by atoms with van der Waals surface area (Å²) in [4.78, 5) is 12.4. The van der Waals surface area contributed by atoms with E-state index < -0.39 is 16.1 Å². The smallest absolute Gasteiger partial charge is 0.324 e. The van der Waals surface area contributed by atoms with Crippen molar-refractivity contribution in [2.45, 2.75) is 31.1 Å². The summed E-state index contributed by atoms with van der Waals surface area (Å²) in [5.74, 6) is 0.852. The third-order valence-electron chi connectivity index (χ3n) is 4.28. The molecule has 2 heterocycles. The maximum atomic E-state index is 12.8. The van der Waals surface area contributed by atoms with Crippen molar-refractivity contribution in [1.82, 2.24) is 9.46 Å². The third-order valence-corrected chi connectivity index (χ3v) is 6.51. The Morgan fingerprint density at radius 2 is 1.86 bits per heavy atom. The van der Waals surface area contributed by atoms with E-state index >= 15 is 0 Å². The number of urea groups is 1. The number of hydrogen-bond donors (Lipinski definition) is 2. The Kier molecular flexibility index (Phi) is 6.18. The van der Waals surface area contributed by atoms with Crippen molar-refractivity contribution in [3.8, 4) is 0 Å². The Hall–Kier alpha value is -2.14. The number of nitrogens with one attached hydrogen (secondary N) is 2. The van der Waals surface area contributed by atoms with Crippen molar-refractivity contribution in [1.29, 1.82) is 0 Å². The molecule has 0 unspecified atom stereocenters. The number of ether oxygens (including phenoxy) is 1. The van der Waals surface area contributed by atoms with Gasteiger partial charge in [0.15, 0.2) is 5.82 Å². The predicted octanol–water partition coefficient (Wildman–Crippen LogP) is 3.29. The van der Waals surface area contributed by atoms with E-state index in [2.05, 4.69) is 15.8 Å². The summed E-state index contributed by atoms with van der Waals surface area (Å²) in [5.41, 5.74) is -0.0902. The molecule has 29 heavy (non-hydrogen) atoms. The van der Waals surface area contributed by atoms with Gasteiger partial charge in [0, 0.05) is 24.6 Å². The molecule has 11 heteroatoms. The van der Waals surface area contributed by atoms with Crippen molar-refractivity contribution in [3.63, 3.8) is 0 Å². The Bertz CT molecular complexity index is 994. The summed E-state index contributed by atoms with van der Waals surface area (Å²) in [6.07, 6.45) is 0. The highest BCUT2D eigenvalue weighted by Gasteiger charge is 2.27. The summed E-state index contributed by atoms with van der Waals surface area (Å²) in [6.45, 7) is 7.10. The zero-order valence-electron chi connectivity index (χ0n) is 16.4. The fourth-order valence-electron chi connectivity index (χ4n) is 2.65. The number of sulfonamides is 1. The molecule has 1 aromatic carbocycles. The Balaban J connectivity index is 1.74. The lowest BCUT2D eigenvalue weighted by molar-refractivity contribution is 0.0730. The summed E-state index contributed by atoms with van der Waals surface area (Å²) >= 11 is 6.14. The first-order valence-corrected chi connectivity index (χ1v) is 10.8. The molecular weight excluding hydrogens is 420 g/mol. The van der Waals surface area contributed by atoms with Crippen LogP contribution in [0.25, 0.3) is 0 Å². The molecule has 1 fully saturated rings. The summed E-state index contributed by atoms with van der Waals surface area (Å²) in [5, 5.41) is 9.11. The highest BCUT2D eigenvalue weighted by molar-refractivity contribution is 7.89. The number of carbonyl (C=O) groups excluding carboxylic acids is 1. The molecule has 0 saturated carbocycles. The van der Waals surface area contributed by atoms with Gasteiger partial charge in [-0.25, -0.2) is 13.2 Å². The van der Waals surface area contributed by atoms with Gasteiger partial charge in [-0.15, -0.1) is 0 Å². The van der Waals surface area contributed by atoms with Crippen LogP contribution in [-0.4, -0.2) is 50.2 Å². The number of halogens is 1. The molecule has 0 bridgehead atoms. The van der Waals surface area contributed by atoms with Gasteiger partial charge in [0.25, 0.3) is 0 Å². The quantitative estimate of drug-likeness (QED) is 0.750. The minimum absolute atomic E-state index is 0.0376. The number of amides is 2. The molecule has 1 aliphatic rings. The topological polar surface area (TPSA) is 114 Å². The van der Waals surface area contributed by atoms with E-state index in [0.29, 0.717) is 19.0 Å². The monoisotopic (exact) mass is 442 g/mol. The maximum absolute atomic E-state index is 12.8. The lowest BCUT2D eigenvalue weighted by Crippen LogP contribution is -2.40. The van der Waals surface area contributed by atoms with Crippen LogP contribution >= 0.6 is 11.6 Å². The van der Waals surface area contributed by atoms with Crippen molar-refractivity contribution in [3.05, 3.63) is 35.0 Å². The number of aromatic nitrogens is 1. The van der Waals surface area contributed by atoms with Crippen LogP contribution < -0.4 is 10.6 Å². The molecule has 0 spiro atoms. The predicted molar refractivity (Wildman–Crippen MR) is 109 cm³/mol. The van der Waals surface area contributed by atoms with Gasteiger partial charge in [-0.2, -0.15) is 4.31 Å². The highest BCUT2D eigenvalue weighted by Crippen LogP contribution is 2.28. The minimum Gasteiger partial charge on any atom is -0.379 e. The van der Waals surface area contributed by atoms with Crippen LogP contribution in [-0.2, 0) is 20.2 Å². The van der Waals surface area contributed by atoms with Crippen molar-refractivity contribution in [2.75, 3.05) is 36.9 Å². The van der Waals surface area contributed by atoms with Gasteiger partial charge in [-0.3, -0.25) is 5.32 Å². The van der Waals surface area contributed by atoms with Crippen LogP contribution in [0, 0.1) is 0 Å². The lowest BCUT2D eigenvalue weighted by Gasteiger charge is -2.26. The largest absolute Gasteiger partial charge is 0.379 e. The SMILES string of the molecule is CC(C)(C)c1cc(NC(=O)Nc2cc(S(=O)(=O)N3CCOCC3)ccc2Cl)no1. The zero-order chi connectivity index (χ0) is 21.2. The van der Waals surface area contributed by atoms with E-state index in [1.54, 1.807) is 6.07 Å². The second-order valence-corrected chi connectivity index (χ2v) is 9.91. The molecule has 1 aromatic heterocycles. The Labute approximate surface area is 174 Å². The van der Waals surface area contributed by atoms with Gasteiger partial charge in [0.2, 0.25) is 10.0 Å². The van der Waals surface area contributed by atoms with Crippen molar-refractivity contribution < 1.29 is 22.5 Å². The molecule has 2 amide bonds. The normalized spacial score (nSPS) is 15.9. The second kappa shape index (κ2) is 8.31. The maximum Gasteiger partial charge on any atom is 0.324 e. The summed E-state index contributed by atoms with van der Waals surface area (Å²) in [6, 6.07) is 5.17. The fraction of sp³-hybridized carbons (Fsp3) is 0.444. The van der Waals surface area contributed by atoms with E-state index in [1.807, 2.05) is 20.8 Å². The van der Waals surface area contributed by atoms with Crippen LogP contribution in [0.3, 0.4) is 0 Å². The molecule has 0 radical (unpaired) electrons. The van der Waals surface area contributed by atoms with Gasteiger partial charge in [-0.05, 0) is 18.2 Å². The van der Waals surface area contributed by atoms with Crippen LogP contribution in [0.5, 0.6) is 0 Å². The molecular formula is C18H23ClN4O5S. The van der Waals surface area contributed by atoms with Crippen molar-refractivity contribution >= 4 is 39.2 Å². The molecule has 1 saturated heterocycles. The molecule has 0 atom stereocenters. The van der Waals surface area contributed by atoms with E-state index in [9.17, 15) is 13.2 Å². The van der Waals surface area contributed by atoms with Gasteiger partial charge in [0.1, 0.15) is 5.76 Å². The lowest BCUT2D eigenvalue weighted by atomic mass is 9.93. The average molecular weight is 443 g/mol. The number of rotatable bonds is 4. The summed E-state index contributed by atoms with van der Waals surface area (Å²) < 4.78 is 37.4. The average Bonchev–Trinajstić information content (AvgIpc) is 3.13. The van der Waals surface area contributed by atoms with Gasteiger partial charge in [0.05, 0.1) is 28.8 Å². The second-order valence-electron chi connectivity index (χ2n) is 7.56. The molecule has 9 nitrogen and oxygen atoms in total. The first kappa shape index (κ1) is 21.6. The van der Waals surface area contributed by atoms with Crippen molar-refractivity contribution in [2.24, 2.45) is 0 Å². The van der Waals surface area contributed by atoms with Gasteiger partial charge >= 0.3 is 6.03 Å². The third kappa shape index (κ3) is 5.08. The number of carbonyl (C=O) groups is 1. The van der Waals surface area contributed by atoms with Gasteiger partial charge in [-0.1, -0.05) is 37.5 Å². The van der Waals surface area contributed by atoms with Crippen LogP contribution in [0.2, 0.25) is 5.02 Å². The number of hydrogen-bond acceptors (Lipinski definition) is 6. The number of nitrogens with zero attached hydrogens (tertiary/aromatic N) is 2. The van der Waals surface area contributed by atoms with E-state index in [0.717, 1.165) is 0 Å². The van der Waals surface area contributed by atoms with E-state index in [-0.39, 0.29) is 39.9 Å². The molecule has 2 N–H and O–H groups in total. The Morgan fingerprint density at radius 1 is 1.17 bits per heavy atom. The zero-order valence-corrected chi connectivity index (χ0v) is 17.9. The van der Waals surface area contributed by atoms with Crippen LogP contribution in [0.1, 0.15) is 26.5 Å². The molecule has 0 aliphatic carbocycles. The number of anilines is 2. The molecule has 158 valence electrons. The van der Waals surface area contributed by atoms with E-state index in [4.69, 9.17) is 20.9 Å². The number of morpholine rings is 1.